The van der Waals surface area contributed by atoms with Gasteiger partial charge < -0.3 is 0 Å². The van der Waals surface area contributed by atoms with Crippen LogP contribution in [0.2, 0.25) is 10.0 Å². The van der Waals surface area contributed by atoms with Crippen LogP contribution in [-0.4, -0.2) is 14.6 Å². The van der Waals surface area contributed by atoms with E-state index >= 15 is 0 Å². The van der Waals surface area contributed by atoms with Gasteiger partial charge in [-0.05, 0) is 36.8 Å². The highest BCUT2D eigenvalue weighted by Gasteiger charge is 2.10. The first kappa shape index (κ1) is 11.5. The Kier molecular flexibility index (Phi) is 2.73. The molecule has 90 valence electrons. The highest BCUT2D eigenvalue weighted by atomic mass is 35.5. The van der Waals surface area contributed by atoms with E-state index in [1.165, 1.54) is 0 Å². The number of aryl methyl sites for hydroxylation is 1. The molecule has 0 N–H and O–H groups in total. The van der Waals surface area contributed by atoms with E-state index in [1.54, 1.807) is 22.7 Å². The van der Waals surface area contributed by atoms with Crippen molar-refractivity contribution in [3.63, 3.8) is 0 Å². The minimum Gasteiger partial charge on any atom is -0.220 e. The third kappa shape index (κ3) is 1.96. The molecule has 3 aromatic rings. The second kappa shape index (κ2) is 4.26. The SMILES string of the molecule is Cc1ccc2nc(-c3cc(Cl)ccc3Cl)nn2c1. The molecule has 18 heavy (non-hydrogen) atoms. The van der Waals surface area contributed by atoms with Gasteiger partial charge in [-0.1, -0.05) is 29.3 Å². The second-order valence-corrected chi connectivity index (χ2v) is 4.91. The van der Waals surface area contributed by atoms with Gasteiger partial charge in [-0.2, -0.15) is 0 Å². The van der Waals surface area contributed by atoms with E-state index in [0.717, 1.165) is 16.8 Å². The number of fused-ring (bicyclic) bond motifs is 1. The standard InChI is InChI=1S/C13H9Cl2N3/c1-8-2-5-12-16-13(17-18(12)7-8)10-6-9(14)3-4-11(10)15/h2-7H,1H3. The van der Waals surface area contributed by atoms with Gasteiger partial charge in [-0.3, -0.25) is 0 Å². The molecule has 0 saturated carbocycles. The van der Waals surface area contributed by atoms with E-state index in [4.69, 9.17) is 23.2 Å². The lowest BCUT2D eigenvalue weighted by Crippen LogP contribution is -1.88. The number of benzene rings is 1. The van der Waals surface area contributed by atoms with E-state index in [-0.39, 0.29) is 0 Å². The Morgan fingerprint density at radius 2 is 1.94 bits per heavy atom. The molecule has 3 nitrogen and oxygen atoms in total. The van der Waals surface area contributed by atoms with Crippen LogP contribution in [0, 0.1) is 6.92 Å². The maximum Gasteiger partial charge on any atom is 0.183 e. The summed E-state index contributed by atoms with van der Waals surface area (Å²) in [5.41, 5.74) is 2.65. The van der Waals surface area contributed by atoms with Gasteiger partial charge in [0.25, 0.3) is 0 Å². The zero-order valence-corrected chi connectivity index (χ0v) is 11.1. The zero-order valence-electron chi connectivity index (χ0n) is 9.56. The fourth-order valence-corrected chi connectivity index (χ4v) is 2.14. The number of rotatable bonds is 1. The smallest absolute Gasteiger partial charge is 0.183 e. The van der Waals surface area contributed by atoms with Crippen molar-refractivity contribution in [3.05, 3.63) is 52.1 Å². The first-order valence-corrected chi connectivity index (χ1v) is 6.17. The fourth-order valence-electron chi connectivity index (χ4n) is 1.77. The van der Waals surface area contributed by atoms with Crippen molar-refractivity contribution in [2.75, 3.05) is 0 Å². The molecule has 2 heterocycles. The first-order chi connectivity index (χ1) is 8.63. The van der Waals surface area contributed by atoms with Crippen molar-refractivity contribution in [2.24, 2.45) is 0 Å². The largest absolute Gasteiger partial charge is 0.220 e. The van der Waals surface area contributed by atoms with Gasteiger partial charge in [0.1, 0.15) is 0 Å². The summed E-state index contributed by atoms with van der Waals surface area (Å²) in [6.45, 7) is 2.01. The van der Waals surface area contributed by atoms with Crippen LogP contribution in [0.5, 0.6) is 0 Å². The summed E-state index contributed by atoms with van der Waals surface area (Å²) in [6.07, 6.45) is 1.92. The Labute approximate surface area is 114 Å². The molecule has 0 bridgehead atoms. The van der Waals surface area contributed by atoms with Crippen LogP contribution in [0.3, 0.4) is 0 Å². The molecule has 0 aliphatic rings. The monoisotopic (exact) mass is 277 g/mol. The van der Waals surface area contributed by atoms with Gasteiger partial charge in [0.2, 0.25) is 0 Å². The summed E-state index contributed by atoms with van der Waals surface area (Å²) in [6, 6.07) is 9.17. The molecule has 1 aromatic carbocycles. The molecule has 3 rings (SSSR count). The van der Waals surface area contributed by atoms with Gasteiger partial charge >= 0.3 is 0 Å². The highest BCUT2D eigenvalue weighted by Crippen LogP contribution is 2.28. The van der Waals surface area contributed by atoms with Crippen molar-refractivity contribution in [3.8, 4) is 11.4 Å². The van der Waals surface area contributed by atoms with Gasteiger partial charge in [-0.15, -0.1) is 5.10 Å². The number of hydrogen-bond donors (Lipinski definition) is 0. The van der Waals surface area contributed by atoms with Crippen LogP contribution in [0.15, 0.2) is 36.5 Å². The van der Waals surface area contributed by atoms with Gasteiger partial charge in [0.05, 0.1) is 5.02 Å². The fraction of sp³-hybridized carbons (Fsp3) is 0.0769. The average molecular weight is 278 g/mol. The molecule has 2 aromatic heterocycles. The lowest BCUT2D eigenvalue weighted by Gasteiger charge is -1.99. The third-order valence-corrected chi connectivity index (χ3v) is 3.21. The van der Waals surface area contributed by atoms with Crippen LogP contribution in [0.1, 0.15) is 5.56 Å². The summed E-state index contributed by atoms with van der Waals surface area (Å²) in [4.78, 5) is 4.43. The van der Waals surface area contributed by atoms with E-state index in [0.29, 0.717) is 15.9 Å². The van der Waals surface area contributed by atoms with Crippen LogP contribution < -0.4 is 0 Å². The molecule has 0 radical (unpaired) electrons. The maximum absolute atomic E-state index is 6.14. The second-order valence-electron chi connectivity index (χ2n) is 4.07. The Balaban J connectivity index is 2.22. The van der Waals surface area contributed by atoms with Crippen LogP contribution >= 0.6 is 23.2 Å². The molecular weight excluding hydrogens is 269 g/mol. The van der Waals surface area contributed by atoms with E-state index in [1.807, 2.05) is 25.3 Å². The molecule has 0 atom stereocenters. The summed E-state index contributed by atoms with van der Waals surface area (Å²) in [5.74, 6) is 0.577. The number of hydrogen-bond acceptors (Lipinski definition) is 2. The van der Waals surface area contributed by atoms with Crippen molar-refractivity contribution < 1.29 is 0 Å². The molecule has 0 aliphatic heterocycles. The third-order valence-electron chi connectivity index (χ3n) is 2.65. The number of nitrogens with zero attached hydrogens (tertiary/aromatic N) is 3. The first-order valence-electron chi connectivity index (χ1n) is 5.42. The summed E-state index contributed by atoms with van der Waals surface area (Å²) in [7, 11) is 0. The van der Waals surface area contributed by atoms with Crippen molar-refractivity contribution in [2.45, 2.75) is 6.92 Å². The van der Waals surface area contributed by atoms with Crippen molar-refractivity contribution in [1.29, 1.82) is 0 Å². The highest BCUT2D eigenvalue weighted by molar-refractivity contribution is 6.35. The van der Waals surface area contributed by atoms with Gasteiger partial charge in [-0.25, -0.2) is 9.50 Å². The Morgan fingerprint density at radius 3 is 2.78 bits per heavy atom. The van der Waals surface area contributed by atoms with E-state index < -0.39 is 0 Å². The van der Waals surface area contributed by atoms with Crippen LogP contribution in [0.4, 0.5) is 0 Å². The average Bonchev–Trinajstić information content (AvgIpc) is 2.74. The predicted molar refractivity (Wildman–Crippen MR) is 73.2 cm³/mol. The lowest BCUT2D eigenvalue weighted by atomic mass is 10.2. The normalized spacial score (nSPS) is 11.1. The molecule has 0 spiro atoms. The molecule has 5 heteroatoms. The lowest BCUT2D eigenvalue weighted by molar-refractivity contribution is 0.956. The summed E-state index contributed by atoms with van der Waals surface area (Å²) < 4.78 is 1.74. The number of pyridine rings is 1. The van der Waals surface area contributed by atoms with Gasteiger partial charge in [0, 0.05) is 16.8 Å². The van der Waals surface area contributed by atoms with Crippen LogP contribution in [-0.2, 0) is 0 Å². The Morgan fingerprint density at radius 1 is 1.11 bits per heavy atom. The minimum atomic E-state index is 0.577. The topological polar surface area (TPSA) is 30.2 Å². The Bertz CT molecular complexity index is 734. The van der Waals surface area contributed by atoms with Crippen molar-refractivity contribution >= 4 is 28.8 Å². The van der Waals surface area contributed by atoms with E-state index in [9.17, 15) is 0 Å². The minimum absolute atomic E-state index is 0.577. The van der Waals surface area contributed by atoms with Crippen LogP contribution in [0.25, 0.3) is 17.0 Å². The Hall–Kier alpha value is -1.58. The van der Waals surface area contributed by atoms with E-state index in [2.05, 4.69) is 10.1 Å². The molecule has 0 saturated heterocycles. The molecule has 0 amide bonds. The molecule has 0 unspecified atom stereocenters. The molecule has 0 fully saturated rings. The summed E-state index contributed by atoms with van der Waals surface area (Å²) >= 11 is 12.1. The maximum atomic E-state index is 6.14. The number of halogens is 2. The van der Waals surface area contributed by atoms with Crippen molar-refractivity contribution in [1.82, 2.24) is 14.6 Å². The number of aromatic nitrogens is 3. The molecular formula is C13H9Cl2N3. The zero-order chi connectivity index (χ0) is 12.7. The van der Waals surface area contributed by atoms with Gasteiger partial charge in [0.15, 0.2) is 11.5 Å². The predicted octanol–water partition coefficient (Wildman–Crippen LogP) is 4.01. The quantitative estimate of drug-likeness (QED) is 0.673. The molecule has 0 aliphatic carbocycles. The summed E-state index contributed by atoms with van der Waals surface area (Å²) in [5, 5.41) is 5.61.